The summed E-state index contributed by atoms with van der Waals surface area (Å²) in [5.74, 6) is -1.01. The van der Waals surface area contributed by atoms with Crippen molar-refractivity contribution in [3.05, 3.63) is 29.8 Å². The van der Waals surface area contributed by atoms with Gasteiger partial charge in [0.1, 0.15) is 6.04 Å². The molecule has 6 nitrogen and oxygen atoms in total. The molecule has 0 aliphatic heterocycles. The average molecular weight is 319 g/mol. The molecule has 0 aliphatic carbocycles. The van der Waals surface area contributed by atoms with E-state index in [1.165, 1.54) is 6.92 Å². The van der Waals surface area contributed by atoms with E-state index >= 15 is 0 Å². The van der Waals surface area contributed by atoms with Gasteiger partial charge >= 0.3 is 0 Å². The number of hydrogen-bond acceptors (Lipinski definition) is 3. The Balaban J connectivity index is 2.57. The molecule has 0 fully saturated rings. The van der Waals surface area contributed by atoms with Crippen molar-refractivity contribution in [3.8, 4) is 0 Å². The molecule has 3 N–H and O–H groups in total. The van der Waals surface area contributed by atoms with Crippen molar-refractivity contribution in [1.82, 2.24) is 10.6 Å². The van der Waals surface area contributed by atoms with Crippen LogP contribution in [0, 0.1) is 5.92 Å². The third-order valence-electron chi connectivity index (χ3n) is 3.40. The minimum absolute atomic E-state index is 0.0669. The van der Waals surface area contributed by atoms with Crippen molar-refractivity contribution in [2.75, 3.05) is 11.9 Å². The van der Waals surface area contributed by atoms with Crippen LogP contribution in [0.4, 0.5) is 5.69 Å². The maximum absolute atomic E-state index is 12.1. The Morgan fingerprint density at radius 3 is 2.35 bits per heavy atom. The van der Waals surface area contributed by atoms with Gasteiger partial charge in [-0.05, 0) is 24.0 Å². The zero-order chi connectivity index (χ0) is 17.4. The van der Waals surface area contributed by atoms with Crippen molar-refractivity contribution in [2.45, 2.75) is 40.2 Å². The second-order valence-electron chi connectivity index (χ2n) is 5.70. The van der Waals surface area contributed by atoms with Crippen LogP contribution in [0.25, 0.3) is 0 Å². The minimum atomic E-state index is -0.650. The minimum Gasteiger partial charge on any atom is -0.345 e. The van der Waals surface area contributed by atoms with Crippen LogP contribution >= 0.6 is 0 Å². The molecule has 0 saturated carbocycles. The molecule has 1 rings (SSSR count). The van der Waals surface area contributed by atoms with Crippen LogP contribution in [0.5, 0.6) is 0 Å². The number of anilines is 1. The summed E-state index contributed by atoms with van der Waals surface area (Å²) in [6.07, 6.45) is 0.806. The highest BCUT2D eigenvalue weighted by Gasteiger charge is 2.23. The molecule has 3 amide bonds. The quantitative estimate of drug-likeness (QED) is 0.711. The van der Waals surface area contributed by atoms with Gasteiger partial charge in [-0.2, -0.15) is 0 Å². The number of amides is 3. The first-order chi connectivity index (χ1) is 10.8. The molecule has 0 saturated heterocycles. The Morgan fingerprint density at radius 1 is 1.13 bits per heavy atom. The lowest BCUT2D eigenvalue weighted by atomic mass is 10.0. The highest BCUT2D eigenvalue weighted by atomic mass is 16.2. The van der Waals surface area contributed by atoms with Gasteiger partial charge in [-0.15, -0.1) is 0 Å². The zero-order valence-corrected chi connectivity index (χ0v) is 14.1. The maximum Gasteiger partial charge on any atom is 0.243 e. The SMILES string of the molecule is CCc1ccccc1NC(=O)CNC(=O)[C@@H](NC(C)=O)C(C)C. The van der Waals surface area contributed by atoms with E-state index in [1.54, 1.807) is 0 Å². The van der Waals surface area contributed by atoms with Crippen LogP contribution in [-0.2, 0) is 20.8 Å². The Bertz CT molecular complexity index is 570. The molecular weight excluding hydrogens is 294 g/mol. The molecule has 0 radical (unpaired) electrons. The molecule has 0 heterocycles. The van der Waals surface area contributed by atoms with E-state index < -0.39 is 6.04 Å². The molecule has 1 aromatic carbocycles. The van der Waals surface area contributed by atoms with E-state index in [0.29, 0.717) is 0 Å². The van der Waals surface area contributed by atoms with Gasteiger partial charge in [-0.3, -0.25) is 14.4 Å². The summed E-state index contributed by atoms with van der Waals surface area (Å²) in [6.45, 7) is 6.89. The number of hydrogen-bond donors (Lipinski definition) is 3. The van der Waals surface area contributed by atoms with Gasteiger partial charge in [0.2, 0.25) is 17.7 Å². The molecule has 0 aliphatic rings. The Hall–Kier alpha value is -2.37. The van der Waals surface area contributed by atoms with Crippen molar-refractivity contribution in [1.29, 1.82) is 0 Å². The standard InChI is InChI=1S/C17H25N3O3/c1-5-13-8-6-7-9-14(13)20-15(22)10-18-17(23)16(11(2)3)19-12(4)21/h6-9,11,16H,5,10H2,1-4H3,(H,18,23)(H,19,21)(H,20,22)/t16-/m0/s1. The summed E-state index contributed by atoms with van der Waals surface area (Å²) in [5.41, 5.74) is 1.78. The van der Waals surface area contributed by atoms with Gasteiger partial charge in [-0.25, -0.2) is 0 Å². The van der Waals surface area contributed by atoms with Gasteiger partial charge in [-0.1, -0.05) is 39.0 Å². The van der Waals surface area contributed by atoms with Crippen LogP contribution in [-0.4, -0.2) is 30.3 Å². The third-order valence-corrected chi connectivity index (χ3v) is 3.40. The number of nitrogens with one attached hydrogen (secondary N) is 3. The molecule has 0 aromatic heterocycles. The van der Waals surface area contributed by atoms with E-state index in [0.717, 1.165) is 17.7 Å². The molecule has 0 spiro atoms. The van der Waals surface area contributed by atoms with Crippen molar-refractivity contribution in [3.63, 3.8) is 0 Å². The van der Waals surface area contributed by atoms with Crippen molar-refractivity contribution in [2.24, 2.45) is 5.92 Å². The molecule has 0 bridgehead atoms. The first kappa shape index (κ1) is 18.7. The smallest absolute Gasteiger partial charge is 0.243 e. The largest absolute Gasteiger partial charge is 0.345 e. The van der Waals surface area contributed by atoms with Gasteiger partial charge in [0.15, 0.2) is 0 Å². The fraction of sp³-hybridized carbons (Fsp3) is 0.471. The second kappa shape index (κ2) is 8.92. The summed E-state index contributed by atoms with van der Waals surface area (Å²) in [5, 5.41) is 7.93. The van der Waals surface area contributed by atoms with Crippen molar-refractivity contribution >= 4 is 23.4 Å². The summed E-state index contributed by atoms with van der Waals surface area (Å²) in [7, 11) is 0. The molecule has 126 valence electrons. The van der Waals surface area contributed by atoms with Crippen LogP contribution in [0.15, 0.2) is 24.3 Å². The van der Waals surface area contributed by atoms with E-state index in [4.69, 9.17) is 0 Å². The molecule has 1 aromatic rings. The van der Waals surface area contributed by atoms with E-state index in [1.807, 2.05) is 45.0 Å². The summed E-state index contributed by atoms with van der Waals surface area (Å²) in [6, 6.07) is 6.88. The first-order valence-electron chi connectivity index (χ1n) is 7.77. The van der Waals surface area contributed by atoms with Gasteiger partial charge < -0.3 is 16.0 Å². The Morgan fingerprint density at radius 2 is 1.78 bits per heavy atom. The van der Waals surface area contributed by atoms with Crippen molar-refractivity contribution < 1.29 is 14.4 Å². The number of carbonyl (C=O) groups is 3. The lowest BCUT2D eigenvalue weighted by molar-refractivity contribution is -0.130. The van der Waals surface area contributed by atoms with Crippen LogP contribution in [0.2, 0.25) is 0 Å². The summed E-state index contributed by atoms with van der Waals surface area (Å²) < 4.78 is 0. The van der Waals surface area contributed by atoms with Gasteiger partial charge in [0.25, 0.3) is 0 Å². The molecular formula is C17H25N3O3. The highest BCUT2D eigenvalue weighted by molar-refractivity contribution is 5.96. The number of rotatable bonds is 7. The first-order valence-corrected chi connectivity index (χ1v) is 7.77. The second-order valence-corrected chi connectivity index (χ2v) is 5.70. The van der Waals surface area contributed by atoms with Crippen LogP contribution in [0.3, 0.4) is 0 Å². The van der Waals surface area contributed by atoms with Gasteiger partial charge in [0, 0.05) is 12.6 Å². The number of aryl methyl sites for hydroxylation is 1. The maximum atomic E-state index is 12.1. The predicted molar refractivity (Wildman–Crippen MR) is 89.9 cm³/mol. The number of benzene rings is 1. The fourth-order valence-corrected chi connectivity index (χ4v) is 2.18. The Labute approximate surface area is 137 Å². The third kappa shape index (κ3) is 6.10. The van der Waals surface area contributed by atoms with E-state index in [-0.39, 0.29) is 30.2 Å². The van der Waals surface area contributed by atoms with Crippen LogP contribution < -0.4 is 16.0 Å². The monoisotopic (exact) mass is 319 g/mol. The highest BCUT2D eigenvalue weighted by Crippen LogP contribution is 2.14. The normalized spacial score (nSPS) is 11.7. The lowest BCUT2D eigenvalue weighted by Crippen LogP contribution is -2.50. The van der Waals surface area contributed by atoms with Crippen LogP contribution in [0.1, 0.15) is 33.3 Å². The summed E-state index contributed by atoms with van der Waals surface area (Å²) >= 11 is 0. The number of para-hydroxylation sites is 1. The Kier molecular flexibility index (Phi) is 7.25. The number of carbonyl (C=O) groups excluding carboxylic acids is 3. The lowest BCUT2D eigenvalue weighted by Gasteiger charge is -2.20. The molecule has 0 unspecified atom stereocenters. The summed E-state index contributed by atoms with van der Waals surface area (Å²) in [4.78, 5) is 35.2. The zero-order valence-electron chi connectivity index (χ0n) is 14.1. The van der Waals surface area contributed by atoms with E-state index in [9.17, 15) is 14.4 Å². The average Bonchev–Trinajstić information content (AvgIpc) is 2.50. The molecule has 23 heavy (non-hydrogen) atoms. The molecule has 6 heteroatoms. The topological polar surface area (TPSA) is 87.3 Å². The van der Waals surface area contributed by atoms with E-state index in [2.05, 4.69) is 16.0 Å². The predicted octanol–water partition coefficient (Wildman–Crippen LogP) is 1.46. The fourth-order valence-electron chi connectivity index (χ4n) is 2.18. The van der Waals surface area contributed by atoms with Gasteiger partial charge in [0.05, 0.1) is 6.54 Å². The molecule has 1 atom stereocenters.